The van der Waals surface area contributed by atoms with Crippen molar-refractivity contribution in [3.8, 4) is 0 Å². The molecule has 1 aromatic carbocycles. The molecule has 0 radical (unpaired) electrons. The van der Waals surface area contributed by atoms with E-state index >= 15 is 0 Å². The van der Waals surface area contributed by atoms with Gasteiger partial charge in [-0.2, -0.15) is 5.10 Å². The first kappa shape index (κ1) is 14.7. The molecule has 114 valence electrons. The van der Waals surface area contributed by atoms with Crippen molar-refractivity contribution in [3.63, 3.8) is 0 Å². The van der Waals surface area contributed by atoms with Gasteiger partial charge in [0.15, 0.2) is 0 Å². The number of fused-ring (bicyclic) bond motifs is 1. The topological polar surface area (TPSA) is 59.8 Å². The predicted octanol–water partition coefficient (Wildman–Crippen LogP) is 2.51. The monoisotopic (exact) mass is 314 g/mol. The number of aryl methyl sites for hydroxylation is 2. The Labute approximate surface area is 133 Å². The Bertz CT molecular complexity index is 801. The molecular formula is C16H18N4OS. The smallest absolute Gasteiger partial charge is 0.224 e. The van der Waals surface area contributed by atoms with Crippen LogP contribution in [0.2, 0.25) is 0 Å². The van der Waals surface area contributed by atoms with E-state index in [0.29, 0.717) is 13.0 Å². The lowest BCUT2D eigenvalue weighted by Crippen LogP contribution is -2.24. The van der Waals surface area contributed by atoms with Crippen molar-refractivity contribution < 1.29 is 4.79 Å². The van der Waals surface area contributed by atoms with Crippen LogP contribution < -0.4 is 5.32 Å². The summed E-state index contributed by atoms with van der Waals surface area (Å²) in [6.07, 6.45) is 0.358. The van der Waals surface area contributed by atoms with E-state index < -0.39 is 0 Å². The van der Waals surface area contributed by atoms with Gasteiger partial charge >= 0.3 is 0 Å². The Morgan fingerprint density at radius 3 is 2.77 bits per heavy atom. The van der Waals surface area contributed by atoms with Crippen molar-refractivity contribution in [3.05, 3.63) is 46.2 Å². The van der Waals surface area contributed by atoms with Gasteiger partial charge in [-0.15, -0.1) is 11.3 Å². The van der Waals surface area contributed by atoms with Crippen LogP contribution in [0, 0.1) is 13.8 Å². The molecule has 3 aromatic rings. The molecule has 0 atom stereocenters. The SMILES string of the molecule is Cc1nn(C)c(C)c1CC(=O)NCc1nc2ccccc2s1. The molecule has 0 aliphatic carbocycles. The molecule has 2 heterocycles. The second-order valence-corrected chi connectivity index (χ2v) is 6.42. The van der Waals surface area contributed by atoms with Gasteiger partial charge in [0.2, 0.25) is 5.91 Å². The summed E-state index contributed by atoms with van der Waals surface area (Å²) < 4.78 is 2.96. The number of nitrogens with zero attached hydrogens (tertiary/aromatic N) is 3. The highest BCUT2D eigenvalue weighted by Crippen LogP contribution is 2.21. The van der Waals surface area contributed by atoms with Gasteiger partial charge in [-0.3, -0.25) is 9.48 Å². The Balaban J connectivity index is 1.64. The zero-order chi connectivity index (χ0) is 15.7. The van der Waals surface area contributed by atoms with E-state index in [1.807, 2.05) is 49.8 Å². The Morgan fingerprint density at radius 1 is 1.32 bits per heavy atom. The summed E-state index contributed by atoms with van der Waals surface area (Å²) in [6, 6.07) is 8.00. The fourth-order valence-corrected chi connectivity index (χ4v) is 3.37. The maximum atomic E-state index is 12.1. The molecule has 6 heteroatoms. The first-order chi connectivity index (χ1) is 10.5. The number of amides is 1. The molecule has 0 aliphatic heterocycles. The molecule has 5 nitrogen and oxygen atoms in total. The Kier molecular flexibility index (Phi) is 3.94. The lowest BCUT2D eigenvalue weighted by atomic mass is 10.1. The zero-order valence-corrected chi connectivity index (χ0v) is 13.7. The normalized spacial score (nSPS) is 11.0. The van der Waals surface area contributed by atoms with Crippen molar-refractivity contribution in [2.24, 2.45) is 7.05 Å². The summed E-state index contributed by atoms with van der Waals surface area (Å²) in [4.78, 5) is 16.7. The fourth-order valence-electron chi connectivity index (χ4n) is 2.47. The average Bonchev–Trinajstić information content (AvgIpc) is 3.01. The van der Waals surface area contributed by atoms with Crippen molar-refractivity contribution in [1.29, 1.82) is 0 Å². The summed E-state index contributed by atoms with van der Waals surface area (Å²) in [5.74, 6) is -0.00143. The van der Waals surface area contributed by atoms with Crippen molar-refractivity contribution in [2.75, 3.05) is 0 Å². The molecule has 2 aromatic heterocycles. The molecule has 0 saturated heterocycles. The zero-order valence-electron chi connectivity index (χ0n) is 12.9. The molecule has 3 rings (SSSR count). The van der Waals surface area contributed by atoms with Gasteiger partial charge in [0.25, 0.3) is 0 Å². The highest BCUT2D eigenvalue weighted by atomic mass is 32.1. The summed E-state index contributed by atoms with van der Waals surface area (Å²) in [5, 5.41) is 8.21. The van der Waals surface area contributed by atoms with Crippen LogP contribution in [-0.4, -0.2) is 20.7 Å². The lowest BCUT2D eigenvalue weighted by molar-refractivity contribution is -0.120. The van der Waals surface area contributed by atoms with Gasteiger partial charge in [-0.25, -0.2) is 4.98 Å². The molecule has 0 aliphatic rings. The number of para-hydroxylation sites is 1. The molecule has 0 fully saturated rings. The summed E-state index contributed by atoms with van der Waals surface area (Å²) in [5.41, 5.74) is 3.93. The average molecular weight is 314 g/mol. The van der Waals surface area contributed by atoms with Crippen molar-refractivity contribution >= 4 is 27.5 Å². The minimum atomic E-state index is -0.00143. The largest absolute Gasteiger partial charge is 0.349 e. The van der Waals surface area contributed by atoms with Crippen LogP contribution in [0.15, 0.2) is 24.3 Å². The minimum absolute atomic E-state index is 0.00143. The fraction of sp³-hybridized carbons (Fsp3) is 0.312. The lowest BCUT2D eigenvalue weighted by Gasteiger charge is -2.04. The van der Waals surface area contributed by atoms with Gasteiger partial charge in [0, 0.05) is 18.3 Å². The van der Waals surface area contributed by atoms with E-state index in [1.54, 1.807) is 11.3 Å². The van der Waals surface area contributed by atoms with Crippen molar-refractivity contribution in [2.45, 2.75) is 26.8 Å². The summed E-state index contributed by atoms with van der Waals surface area (Å²) >= 11 is 1.61. The number of benzene rings is 1. The third kappa shape index (κ3) is 2.87. The van der Waals surface area contributed by atoms with E-state index in [-0.39, 0.29) is 5.91 Å². The van der Waals surface area contributed by atoms with Crippen molar-refractivity contribution in [1.82, 2.24) is 20.1 Å². The second-order valence-electron chi connectivity index (χ2n) is 5.30. The van der Waals surface area contributed by atoms with Gasteiger partial charge < -0.3 is 5.32 Å². The molecule has 0 saturated carbocycles. The van der Waals surface area contributed by atoms with Crippen LogP contribution >= 0.6 is 11.3 Å². The maximum absolute atomic E-state index is 12.1. The number of hydrogen-bond donors (Lipinski definition) is 1. The summed E-state index contributed by atoms with van der Waals surface area (Å²) in [6.45, 7) is 4.38. The molecule has 0 bridgehead atoms. The van der Waals surface area contributed by atoms with Crippen LogP contribution in [0.3, 0.4) is 0 Å². The Hall–Kier alpha value is -2.21. The number of rotatable bonds is 4. The number of nitrogens with one attached hydrogen (secondary N) is 1. The first-order valence-electron chi connectivity index (χ1n) is 7.15. The standard InChI is InChI=1S/C16H18N4OS/c1-10-12(11(2)20(3)19-10)8-15(21)17-9-16-18-13-6-4-5-7-14(13)22-16/h4-7H,8-9H2,1-3H3,(H,17,21). The van der Waals surface area contributed by atoms with E-state index in [0.717, 1.165) is 32.2 Å². The number of carbonyl (C=O) groups is 1. The molecular weight excluding hydrogens is 296 g/mol. The van der Waals surface area contributed by atoms with E-state index in [2.05, 4.69) is 15.4 Å². The van der Waals surface area contributed by atoms with Crippen LogP contribution in [0.25, 0.3) is 10.2 Å². The number of carbonyl (C=O) groups excluding carboxylic acids is 1. The molecule has 1 amide bonds. The molecule has 22 heavy (non-hydrogen) atoms. The van der Waals surface area contributed by atoms with Crippen LogP contribution in [-0.2, 0) is 24.8 Å². The molecule has 0 unspecified atom stereocenters. The predicted molar refractivity (Wildman–Crippen MR) is 87.9 cm³/mol. The third-order valence-corrected chi connectivity index (χ3v) is 4.81. The summed E-state index contributed by atoms with van der Waals surface area (Å²) in [7, 11) is 1.89. The van der Waals surface area contributed by atoms with E-state index in [1.165, 1.54) is 0 Å². The number of aromatic nitrogens is 3. The Morgan fingerprint density at radius 2 is 2.09 bits per heavy atom. The number of hydrogen-bond acceptors (Lipinski definition) is 4. The highest BCUT2D eigenvalue weighted by molar-refractivity contribution is 7.18. The van der Waals surface area contributed by atoms with Crippen LogP contribution in [0.4, 0.5) is 0 Å². The van der Waals surface area contributed by atoms with Gasteiger partial charge in [-0.1, -0.05) is 12.1 Å². The number of thiazole rings is 1. The highest BCUT2D eigenvalue weighted by Gasteiger charge is 2.13. The third-order valence-electron chi connectivity index (χ3n) is 3.77. The first-order valence-corrected chi connectivity index (χ1v) is 7.96. The van der Waals surface area contributed by atoms with Crippen LogP contribution in [0.1, 0.15) is 22.0 Å². The van der Waals surface area contributed by atoms with E-state index in [4.69, 9.17) is 0 Å². The quantitative estimate of drug-likeness (QED) is 0.805. The van der Waals surface area contributed by atoms with E-state index in [9.17, 15) is 4.79 Å². The molecule has 0 spiro atoms. The van der Waals surface area contributed by atoms with Gasteiger partial charge in [-0.05, 0) is 26.0 Å². The van der Waals surface area contributed by atoms with Crippen LogP contribution in [0.5, 0.6) is 0 Å². The van der Waals surface area contributed by atoms with Gasteiger partial charge in [0.05, 0.1) is 28.9 Å². The maximum Gasteiger partial charge on any atom is 0.224 e. The van der Waals surface area contributed by atoms with Gasteiger partial charge in [0.1, 0.15) is 5.01 Å². The minimum Gasteiger partial charge on any atom is -0.349 e. The second kappa shape index (κ2) is 5.88. The molecule has 1 N–H and O–H groups in total.